The second kappa shape index (κ2) is 10.6. The summed E-state index contributed by atoms with van der Waals surface area (Å²) in [5.41, 5.74) is 9.41. The Bertz CT molecular complexity index is 991. The second-order valence-electron chi connectivity index (χ2n) is 11.6. The highest BCUT2D eigenvalue weighted by Gasteiger charge is 2.45. The van der Waals surface area contributed by atoms with Gasteiger partial charge in [0.1, 0.15) is 25.7 Å². The maximum atomic E-state index is 13.0. The molecule has 6 heteroatoms. The molecule has 1 saturated carbocycles. The van der Waals surface area contributed by atoms with Crippen LogP contribution in [0.5, 0.6) is 0 Å². The molecule has 1 heterocycles. The number of carbonyl (C=O) groups is 1. The van der Waals surface area contributed by atoms with Gasteiger partial charge in [-0.3, -0.25) is 4.79 Å². The highest BCUT2D eigenvalue weighted by molar-refractivity contribution is 7.99. The average Bonchev–Trinajstić information content (AvgIpc) is 2.81. The number of hydrogen-bond acceptors (Lipinski definition) is 4. The molecule has 5 atom stereocenters. The van der Waals surface area contributed by atoms with Crippen molar-refractivity contribution < 1.29 is 14.5 Å². The van der Waals surface area contributed by atoms with Crippen molar-refractivity contribution in [2.75, 3.05) is 25.4 Å². The predicted octanol–water partition coefficient (Wildman–Crippen LogP) is 4.72. The number of nitrogens with two attached hydrogens (primary N) is 1. The van der Waals surface area contributed by atoms with Crippen LogP contribution < -0.4 is 11.2 Å². The van der Waals surface area contributed by atoms with Crippen molar-refractivity contribution >= 4 is 28.4 Å². The summed E-state index contributed by atoms with van der Waals surface area (Å²) in [7, 11) is 0. The number of aliphatic hydroxyl groups excluding tert-OH is 1. The topological polar surface area (TPSA) is 75.3 Å². The van der Waals surface area contributed by atoms with Crippen molar-refractivity contribution in [3.05, 3.63) is 42.5 Å². The molecule has 4 N–H and O–H groups in total. The Morgan fingerprint density at radius 1 is 1.12 bits per heavy atom. The normalized spacial score (nSPS) is 27.1. The summed E-state index contributed by atoms with van der Waals surface area (Å²) in [6, 6.07) is 14.4. The lowest BCUT2D eigenvalue weighted by Gasteiger charge is -2.49. The van der Waals surface area contributed by atoms with E-state index in [9.17, 15) is 9.90 Å². The molecule has 0 radical (unpaired) electrons. The molecule has 0 bridgehead atoms. The van der Waals surface area contributed by atoms with Gasteiger partial charge in [-0.15, -0.1) is 11.8 Å². The summed E-state index contributed by atoms with van der Waals surface area (Å²) in [4.78, 5) is 14.2. The van der Waals surface area contributed by atoms with Gasteiger partial charge >= 0.3 is 0 Å². The summed E-state index contributed by atoms with van der Waals surface area (Å²) >= 11 is 1.69. The Kier molecular flexibility index (Phi) is 7.92. The zero-order valence-corrected chi connectivity index (χ0v) is 21.8. The number of benzene rings is 2. The monoisotopic (exact) mass is 484 g/mol. The van der Waals surface area contributed by atoms with E-state index < -0.39 is 11.5 Å². The standard InChI is InChI=1S/C28H41N3O2S/c1-28(2,3)27(33)30-31(15-14-21-9-5-7-11-23(21)17-31)18-26(32)25(29)19-34-24-13-12-20-8-4-6-10-22(20)16-24/h4,6,8,10,12-13,16,21,23,25-26,32H,5,7,9,11,14-15,17-19,29H2,1-3H3/p+1/t21?,23?,25-,26+,31?/m0/s1. The molecule has 1 saturated heterocycles. The molecule has 34 heavy (non-hydrogen) atoms. The fourth-order valence-corrected chi connectivity index (χ4v) is 6.59. The Morgan fingerprint density at radius 3 is 2.56 bits per heavy atom. The van der Waals surface area contributed by atoms with Gasteiger partial charge < -0.3 is 10.8 Å². The van der Waals surface area contributed by atoms with Crippen molar-refractivity contribution in [2.45, 2.75) is 69.9 Å². The first-order valence-electron chi connectivity index (χ1n) is 12.9. The molecule has 0 aromatic heterocycles. The van der Waals surface area contributed by atoms with Crippen LogP contribution in [-0.2, 0) is 4.79 Å². The summed E-state index contributed by atoms with van der Waals surface area (Å²) in [5, 5.41) is 13.6. The van der Waals surface area contributed by atoms with E-state index in [2.05, 4.69) is 47.9 Å². The molecule has 5 nitrogen and oxygen atoms in total. The van der Waals surface area contributed by atoms with Gasteiger partial charge in [-0.1, -0.05) is 63.9 Å². The molecule has 2 aliphatic rings. The lowest BCUT2D eigenvalue weighted by atomic mass is 9.74. The number of piperidine rings is 1. The molecule has 2 aromatic rings. The van der Waals surface area contributed by atoms with E-state index in [-0.39, 0.29) is 11.9 Å². The maximum Gasteiger partial charge on any atom is 0.270 e. The fraction of sp³-hybridized carbons (Fsp3) is 0.607. The molecule has 2 fully saturated rings. The van der Waals surface area contributed by atoms with E-state index in [0.29, 0.717) is 22.8 Å². The van der Waals surface area contributed by atoms with Crippen LogP contribution in [0.4, 0.5) is 0 Å². The molecule has 2 aromatic carbocycles. The van der Waals surface area contributed by atoms with Gasteiger partial charge in [0.25, 0.3) is 5.91 Å². The number of carbonyl (C=O) groups excluding carboxylic acids is 1. The van der Waals surface area contributed by atoms with Crippen LogP contribution >= 0.6 is 11.8 Å². The van der Waals surface area contributed by atoms with Gasteiger partial charge in [-0.2, -0.15) is 0 Å². The van der Waals surface area contributed by atoms with Gasteiger partial charge in [0.2, 0.25) is 0 Å². The number of nitrogens with one attached hydrogen (secondary N) is 1. The largest absolute Gasteiger partial charge is 0.385 e. The summed E-state index contributed by atoms with van der Waals surface area (Å²) < 4.78 is 0.465. The van der Waals surface area contributed by atoms with E-state index in [0.717, 1.165) is 30.3 Å². The first kappa shape index (κ1) is 25.5. The number of aliphatic hydroxyl groups is 1. The quantitative estimate of drug-likeness (QED) is 0.392. The van der Waals surface area contributed by atoms with Crippen molar-refractivity contribution in [1.29, 1.82) is 0 Å². The van der Waals surface area contributed by atoms with Crippen LogP contribution in [0.2, 0.25) is 0 Å². The number of quaternary nitrogens is 1. The van der Waals surface area contributed by atoms with Gasteiger partial charge in [-0.25, -0.2) is 10.0 Å². The Morgan fingerprint density at radius 2 is 1.82 bits per heavy atom. The van der Waals surface area contributed by atoms with Crippen molar-refractivity contribution in [3.8, 4) is 0 Å². The predicted molar refractivity (Wildman–Crippen MR) is 141 cm³/mol. The van der Waals surface area contributed by atoms with Gasteiger partial charge in [0.05, 0.1) is 0 Å². The van der Waals surface area contributed by atoms with E-state index in [1.54, 1.807) is 11.8 Å². The SMILES string of the molecule is CC(C)(C)C(=O)N[N+]1(C[C@@H](O)[C@@H](N)CSc2ccc3ccccc3c2)CCC2CCCCC2C1. The molecule has 1 aliphatic carbocycles. The van der Waals surface area contributed by atoms with Gasteiger partial charge in [0, 0.05) is 34.4 Å². The molecule has 1 amide bonds. The van der Waals surface area contributed by atoms with Crippen LogP contribution in [0, 0.1) is 17.3 Å². The first-order valence-corrected chi connectivity index (χ1v) is 13.9. The Labute approximate surface area is 209 Å². The smallest absolute Gasteiger partial charge is 0.270 e. The summed E-state index contributed by atoms with van der Waals surface area (Å²) in [6.45, 7) is 8.13. The zero-order valence-electron chi connectivity index (χ0n) is 21.0. The van der Waals surface area contributed by atoms with E-state index in [4.69, 9.17) is 5.73 Å². The van der Waals surface area contributed by atoms with E-state index in [1.165, 1.54) is 36.5 Å². The highest BCUT2D eigenvalue weighted by Crippen LogP contribution is 2.38. The minimum Gasteiger partial charge on any atom is -0.385 e. The lowest BCUT2D eigenvalue weighted by Crippen LogP contribution is -2.70. The van der Waals surface area contributed by atoms with Crippen LogP contribution in [0.15, 0.2) is 47.4 Å². The number of likely N-dealkylation sites (tertiary alicyclic amines) is 1. The third kappa shape index (κ3) is 6.14. The number of hydrogen-bond donors (Lipinski definition) is 3. The summed E-state index contributed by atoms with van der Waals surface area (Å²) in [6.07, 6.45) is 5.59. The third-order valence-electron chi connectivity index (χ3n) is 7.79. The van der Waals surface area contributed by atoms with Crippen LogP contribution in [0.1, 0.15) is 52.9 Å². The van der Waals surface area contributed by atoms with Crippen LogP contribution in [0.25, 0.3) is 10.8 Å². The van der Waals surface area contributed by atoms with E-state index >= 15 is 0 Å². The van der Waals surface area contributed by atoms with Crippen LogP contribution in [0.3, 0.4) is 0 Å². The molecule has 0 spiro atoms. The van der Waals surface area contributed by atoms with Gasteiger partial charge in [-0.05, 0) is 41.7 Å². The first-order chi connectivity index (χ1) is 16.2. The van der Waals surface area contributed by atoms with Crippen molar-refractivity contribution in [3.63, 3.8) is 0 Å². The van der Waals surface area contributed by atoms with Crippen LogP contribution in [-0.4, -0.2) is 53.1 Å². The van der Waals surface area contributed by atoms with Crippen molar-refractivity contribution in [2.24, 2.45) is 23.0 Å². The molecule has 3 unspecified atom stereocenters. The van der Waals surface area contributed by atoms with Crippen molar-refractivity contribution in [1.82, 2.24) is 5.43 Å². The minimum atomic E-state index is -0.673. The number of nitrogens with zero attached hydrogens (tertiary/aromatic N) is 1. The average molecular weight is 485 g/mol. The van der Waals surface area contributed by atoms with E-state index in [1.807, 2.05) is 20.8 Å². The number of thioether (sulfide) groups is 1. The molecule has 1 aliphatic heterocycles. The zero-order chi connectivity index (χ0) is 24.3. The Balaban J connectivity index is 1.42. The summed E-state index contributed by atoms with van der Waals surface area (Å²) in [5.74, 6) is 2.07. The minimum absolute atomic E-state index is 0.0491. The second-order valence-corrected chi connectivity index (χ2v) is 12.7. The molecular formula is C28H42N3O2S+. The fourth-order valence-electron chi connectivity index (χ4n) is 5.61. The molecule has 4 rings (SSSR count). The maximum absolute atomic E-state index is 13.0. The molecule has 186 valence electrons. The molecular weight excluding hydrogens is 442 g/mol. The van der Waals surface area contributed by atoms with Gasteiger partial charge in [0.15, 0.2) is 0 Å². The highest BCUT2D eigenvalue weighted by atomic mass is 32.2. The number of fused-ring (bicyclic) bond motifs is 2. The third-order valence-corrected chi connectivity index (χ3v) is 8.93. The lowest BCUT2D eigenvalue weighted by molar-refractivity contribution is -0.972. The number of rotatable bonds is 7. The Hall–Kier alpha value is -1.60. The number of amides is 1.